The molecule has 0 N–H and O–H groups in total. The van der Waals surface area contributed by atoms with Crippen molar-refractivity contribution in [3.63, 3.8) is 0 Å². The molecule has 0 aromatic rings. The molecule has 0 fully saturated rings. The largest absolute Gasteiger partial charge is 0.300 e. The molecule has 0 atom stereocenters. The Hall–Kier alpha value is -0.220. The van der Waals surface area contributed by atoms with E-state index in [4.69, 9.17) is 0 Å². The minimum Gasteiger partial charge on any atom is -0.300 e. The number of thiocarbonyl (C=S) groups is 1. The van der Waals surface area contributed by atoms with Gasteiger partial charge in [0.05, 0.1) is 0 Å². The molecule has 0 aromatic heterocycles. The van der Waals surface area contributed by atoms with Gasteiger partial charge in [0, 0.05) is 13.3 Å². The molecule has 64 valence electrons. The van der Waals surface area contributed by atoms with Gasteiger partial charge in [-0.15, -0.1) is 12.6 Å². The fourth-order valence-corrected chi connectivity index (χ4v) is 0.554. The molecule has 0 bridgehead atoms. The second-order valence-electron chi connectivity index (χ2n) is 2.10. The summed E-state index contributed by atoms with van der Waals surface area (Å²) in [5.41, 5.74) is 0. The van der Waals surface area contributed by atoms with Crippen LogP contribution in [0.15, 0.2) is 0 Å². The molecule has 11 heavy (non-hydrogen) atoms. The lowest BCUT2D eigenvalue weighted by Gasteiger charge is -1.85. The van der Waals surface area contributed by atoms with Crippen LogP contribution < -0.4 is 0 Å². The van der Waals surface area contributed by atoms with Crippen LogP contribution in [0.5, 0.6) is 0 Å². The maximum absolute atomic E-state index is 10.2. The fraction of sp³-hybridized carbons (Fsp3) is 0.571. The lowest BCUT2D eigenvalue weighted by Crippen LogP contribution is -1.95. The monoisotopic (exact) mass is 192 g/mol. The normalized spacial score (nSPS) is 7.64. The van der Waals surface area contributed by atoms with Gasteiger partial charge in [-0.25, -0.2) is 0 Å². The minimum atomic E-state index is -0.139. The molecule has 0 saturated carbocycles. The molecular weight excluding hydrogens is 180 g/mol. The van der Waals surface area contributed by atoms with Gasteiger partial charge in [-0.1, -0.05) is 12.2 Å². The van der Waals surface area contributed by atoms with Gasteiger partial charge < -0.3 is 0 Å². The van der Waals surface area contributed by atoms with Crippen LogP contribution in [0.2, 0.25) is 0 Å². The van der Waals surface area contributed by atoms with Gasteiger partial charge in [0.25, 0.3) is 0 Å². The van der Waals surface area contributed by atoms with Crippen molar-refractivity contribution in [3.05, 3.63) is 0 Å². The molecule has 0 rings (SSSR count). The molecular formula is C7H12O2S2. The highest BCUT2D eigenvalue weighted by atomic mass is 32.1. The number of Topliss-reactive ketones (excluding diaryl/α,β-unsaturated/α-hetero) is 1. The van der Waals surface area contributed by atoms with E-state index in [1.165, 1.54) is 13.8 Å². The van der Waals surface area contributed by atoms with E-state index >= 15 is 0 Å². The van der Waals surface area contributed by atoms with Crippen molar-refractivity contribution >= 4 is 40.6 Å². The summed E-state index contributed by atoms with van der Waals surface area (Å²) in [5, 5.41) is -0.139. The topological polar surface area (TPSA) is 34.1 Å². The molecule has 2 nitrogen and oxygen atoms in total. The zero-order valence-electron chi connectivity index (χ0n) is 6.88. The highest BCUT2D eigenvalue weighted by molar-refractivity contribution is 7.96. The molecule has 0 radical (unpaired) electrons. The first-order chi connectivity index (χ1) is 4.86. The Kier molecular flexibility index (Phi) is 9.58. The van der Waals surface area contributed by atoms with Gasteiger partial charge in [0.2, 0.25) is 0 Å². The van der Waals surface area contributed by atoms with Crippen LogP contribution in [-0.4, -0.2) is 15.8 Å². The maximum atomic E-state index is 10.2. The Bertz CT molecular complexity index is 148. The Morgan fingerprint density at radius 3 is 1.55 bits per heavy atom. The van der Waals surface area contributed by atoms with E-state index in [0.29, 0.717) is 6.42 Å². The maximum Gasteiger partial charge on any atom is 0.182 e. The highest BCUT2D eigenvalue weighted by Crippen LogP contribution is 1.84. The molecule has 0 heterocycles. The predicted octanol–water partition coefficient (Wildman–Crippen LogP) is 1.82. The van der Waals surface area contributed by atoms with E-state index in [0.717, 1.165) is 4.86 Å². The molecule has 0 saturated heterocycles. The standard InChI is InChI=1S/C5H8OS.C2H4OS/c1-4(6)3-5(2)7;1-2(3)4/h3H2,1-2H3;1H3,(H,3,4). The average molecular weight is 192 g/mol. The number of rotatable bonds is 2. The molecule has 0 aliphatic heterocycles. The number of ketones is 1. The summed E-state index contributed by atoms with van der Waals surface area (Å²) < 4.78 is 0. The van der Waals surface area contributed by atoms with Crippen LogP contribution in [0.4, 0.5) is 0 Å². The van der Waals surface area contributed by atoms with E-state index in [-0.39, 0.29) is 10.9 Å². The predicted molar refractivity (Wildman–Crippen MR) is 53.2 cm³/mol. The number of carbonyl (C=O) groups is 2. The summed E-state index contributed by atoms with van der Waals surface area (Å²) in [7, 11) is 0. The summed E-state index contributed by atoms with van der Waals surface area (Å²) in [6.07, 6.45) is 0.454. The summed E-state index contributed by atoms with van der Waals surface area (Å²) in [6, 6.07) is 0. The molecule has 0 unspecified atom stereocenters. The van der Waals surface area contributed by atoms with Crippen molar-refractivity contribution in [2.75, 3.05) is 0 Å². The van der Waals surface area contributed by atoms with Crippen molar-refractivity contribution in [2.24, 2.45) is 0 Å². The van der Waals surface area contributed by atoms with Crippen molar-refractivity contribution in [1.29, 1.82) is 0 Å². The number of hydrogen-bond donors (Lipinski definition) is 1. The zero-order chi connectivity index (χ0) is 9.44. The van der Waals surface area contributed by atoms with E-state index < -0.39 is 0 Å². The van der Waals surface area contributed by atoms with Gasteiger partial charge in [-0.3, -0.25) is 9.59 Å². The molecule has 0 amide bonds. The Morgan fingerprint density at radius 2 is 1.55 bits per heavy atom. The van der Waals surface area contributed by atoms with Crippen molar-refractivity contribution < 1.29 is 9.59 Å². The van der Waals surface area contributed by atoms with Gasteiger partial charge in [-0.2, -0.15) is 0 Å². The Labute approximate surface area is 77.8 Å². The molecule has 4 heteroatoms. The van der Waals surface area contributed by atoms with E-state index in [2.05, 4.69) is 24.8 Å². The van der Waals surface area contributed by atoms with Gasteiger partial charge in [-0.05, 0) is 18.7 Å². The SMILES string of the molecule is CC(=O)CC(C)=S.CC(=O)S. The van der Waals surface area contributed by atoms with Crippen LogP contribution in [0, 0.1) is 0 Å². The van der Waals surface area contributed by atoms with Crippen molar-refractivity contribution in [1.82, 2.24) is 0 Å². The summed E-state index contributed by atoms with van der Waals surface area (Å²) in [6.45, 7) is 4.70. The van der Waals surface area contributed by atoms with E-state index in [1.54, 1.807) is 6.92 Å². The highest BCUT2D eigenvalue weighted by Gasteiger charge is 1.90. The molecule has 0 spiro atoms. The van der Waals surface area contributed by atoms with Crippen molar-refractivity contribution in [2.45, 2.75) is 27.2 Å². The number of carbonyl (C=O) groups excluding carboxylic acids is 2. The smallest absolute Gasteiger partial charge is 0.182 e. The van der Waals surface area contributed by atoms with Crippen LogP contribution in [0.3, 0.4) is 0 Å². The van der Waals surface area contributed by atoms with E-state index in [1.807, 2.05) is 0 Å². The second-order valence-corrected chi connectivity index (χ2v) is 3.43. The van der Waals surface area contributed by atoms with Gasteiger partial charge in [0.15, 0.2) is 5.12 Å². The van der Waals surface area contributed by atoms with Gasteiger partial charge in [0.1, 0.15) is 5.78 Å². The lowest BCUT2D eigenvalue weighted by molar-refractivity contribution is -0.115. The van der Waals surface area contributed by atoms with Crippen LogP contribution in [0.25, 0.3) is 0 Å². The van der Waals surface area contributed by atoms with Crippen LogP contribution >= 0.6 is 24.8 Å². The summed E-state index contributed by atoms with van der Waals surface area (Å²) in [5.74, 6) is 0.146. The molecule has 0 aromatic carbocycles. The lowest BCUT2D eigenvalue weighted by atomic mass is 10.3. The van der Waals surface area contributed by atoms with E-state index in [9.17, 15) is 9.59 Å². The first-order valence-electron chi connectivity index (χ1n) is 3.04. The fourth-order valence-electron chi connectivity index (χ4n) is 0.351. The quantitative estimate of drug-likeness (QED) is 0.535. The molecule has 0 aliphatic rings. The van der Waals surface area contributed by atoms with Crippen molar-refractivity contribution in [3.8, 4) is 0 Å². The third-order valence-corrected chi connectivity index (χ3v) is 0.642. The third-order valence-electron chi connectivity index (χ3n) is 0.498. The Morgan fingerprint density at radius 1 is 1.27 bits per heavy atom. The summed E-state index contributed by atoms with van der Waals surface area (Å²) >= 11 is 7.98. The first kappa shape index (κ1) is 13.4. The average Bonchev–Trinajstić information content (AvgIpc) is 1.56. The van der Waals surface area contributed by atoms with Gasteiger partial charge >= 0.3 is 0 Å². The number of thiol groups is 1. The number of hydrogen-bond acceptors (Lipinski definition) is 3. The zero-order valence-corrected chi connectivity index (χ0v) is 8.59. The summed E-state index contributed by atoms with van der Waals surface area (Å²) in [4.78, 5) is 20.2. The molecule has 0 aliphatic carbocycles. The third kappa shape index (κ3) is 41.4. The Balaban J connectivity index is 0. The van der Waals surface area contributed by atoms with Crippen LogP contribution in [0.1, 0.15) is 27.2 Å². The first-order valence-corrected chi connectivity index (χ1v) is 3.90. The second kappa shape index (κ2) is 7.88. The van der Waals surface area contributed by atoms with Crippen LogP contribution in [-0.2, 0) is 9.59 Å². The minimum absolute atomic E-state index is 0.139.